The predicted molar refractivity (Wildman–Crippen MR) is 97.1 cm³/mol. The van der Waals surface area contributed by atoms with E-state index in [1.54, 1.807) is 6.20 Å². The molecule has 0 saturated heterocycles. The third kappa shape index (κ3) is 6.36. The third-order valence-corrected chi connectivity index (χ3v) is 3.68. The van der Waals surface area contributed by atoms with Gasteiger partial charge in [-0.2, -0.15) is 0 Å². The molecule has 1 aromatic carbocycles. The van der Waals surface area contributed by atoms with E-state index < -0.39 is 0 Å². The zero-order valence-corrected chi connectivity index (χ0v) is 14.5. The van der Waals surface area contributed by atoms with Gasteiger partial charge in [0.15, 0.2) is 0 Å². The molecule has 5 nitrogen and oxygen atoms in total. The second-order valence-electron chi connectivity index (χ2n) is 6.24. The summed E-state index contributed by atoms with van der Waals surface area (Å²) in [6.45, 7) is 5.85. The Kier molecular flexibility index (Phi) is 7.21. The highest BCUT2D eigenvalue weighted by molar-refractivity contribution is 5.91. The Hall–Kier alpha value is -2.43. The molecule has 24 heavy (non-hydrogen) atoms. The summed E-state index contributed by atoms with van der Waals surface area (Å²) in [7, 11) is 0. The average Bonchev–Trinajstić information content (AvgIpc) is 2.60. The zero-order valence-electron chi connectivity index (χ0n) is 14.5. The Labute approximate surface area is 143 Å². The van der Waals surface area contributed by atoms with Crippen molar-refractivity contribution in [3.05, 3.63) is 54.0 Å². The lowest BCUT2D eigenvalue weighted by atomic mass is 10.1. The Bertz CT molecular complexity index is 611. The summed E-state index contributed by atoms with van der Waals surface area (Å²) in [5, 5.41) is 6.09. The minimum atomic E-state index is -0.177. The van der Waals surface area contributed by atoms with Gasteiger partial charge in [-0.15, -0.1) is 0 Å². The quantitative estimate of drug-likeness (QED) is 0.694. The fourth-order valence-electron chi connectivity index (χ4n) is 2.26. The number of nitrogens with one attached hydrogen (secondary N) is 2. The number of aromatic nitrogens is 2. The maximum Gasteiger partial charge on any atom is 0.271 e. The van der Waals surface area contributed by atoms with Crippen molar-refractivity contribution >= 4 is 11.7 Å². The maximum absolute atomic E-state index is 12.0. The molecule has 0 radical (unpaired) electrons. The number of rotatable bonds is 9. The number of carbonyl (C=O) groups excluding carboxylic acids is 1. The largest absolute Gasteiger partial charge is 0.369 e. The number of benzene rings is 1. The first-order valence-corrected chi connectivity index (χ1v) is 8.53. The molecule has 2 rings (SSSR count). The van der Waals surface area contributed by atoms with E-state index in [2.05, 4.69) is 46.6 Å². The summed E-state index contributed by atoms with van der Waals surface area (Å²) in [6.07, 6.45) is 6.05. The van der Waals surface area contributed by atoms with E-state index in [0.717, 1.165) is 25.8 Å². The predicted octanol–water partition coefficient (Wildman–Crippen LogP) is 3.30. The Morgan fingerprint density at radius 3 is 2.54 bits per heavy atom. The lowest BCUT2D eigenvalue weighted by Gasteiger charge is -2.08. The second-order valence-corrected chi connectivity index (χ2v) is 6.24. The molecular formula is C19H26N4O. The number of carbonyl (C=O) groups is 1. The van der Waals surface area contributed by atoms with Gasteiger partial charge in [-0.1, -0.05) is 44.2 Å². The van der Waals surface area contributed by atoms with Crippen LogP contribution < -0.4 is 10.6 Å². The maximum atomic E-state index is 12.0. The molecule has 0 fully saturated rings. The lowest BCUT2D eigenvalue weighted by molar-refractivity contribution is 0.0948. The Morgan fingerprint density at radius 1 is 1.08 bits per heavy atom. The van der Waals surface area contributed by atoms with Gasteiger partial charge in [-0.25, -0.2) is 9.97 Å². The van der Waals surface area contributed by atoms with Crippen LogP contribution in [0.5, 0.6) is 0 Å². The second kappa shape index (κ2) is 9.65. The minimum Gasteiger partial charge on any atom is -0.369 e. The minimum absolute atomic E-state index is 0.177. The Morgan fingerprint density at radius 2 is 1.88 bits per heavy atom. The summed E-state index contributed by atoms with van der Waals surface area (Å²) in [5.74, 6) is 1.17. The van der Waals surface area contributed by atoms with E-state index in [4.69, 9.17) is 0 Å². The van der Waals surface area contributed by atoms with Gasteiger partial charge in [0.1, 0.15) is 11.5 Å². The molecule has 0 aliphatic heterocycles. The van der Waals surface area contributed by atoms with Gasteiger partial charge in [-0.05, 0) is 30.7 Å². The summed E-state index contributed by atoms with van der Waals surface area (Å²) in [4.78, 5) is 20.5. The van der Waals surface area contributed by atoms with Gasteiger partial charge in [0.05, 0.1) is 12.4 Å². The molecular weight excluding hydrogens is 300 g/mol. The van der Waals surface area contributed by atoms with E-state index in [1.165, 1.54) is 11.8 Å². The first kappa shape index (κ1) is 17.9. The normalized spacial score (nSPS) is 10.6. The molecule has 0 unspecified atom stereocenters. The fraction of sp³-hybridized carbons (Fsp3) is 0.421. The molecule has 0 bridgehead atoms. The van der Waals surface area contributed by atoms with Crippen LogP contribution in [0.3, 0.4) is 0 Å². The average molecular weight is 326 g/mol. The molecule has 2 aromatic rings. The first-order valence-electron chi connectivity index (χ1n) is 8.53. The van der Waals surface area contributed by atoms with Crippen LogP contribution in [-0.2, 0) is 6.42 Å². The number of amides is 1. The van der Waals surface area contributed by atoms with Gasteiger partial charge in [0.2, 0.25) is 0 Å². The smallest absolute Gasteiger partial charge is 0.271 e. The number of hydrogen-bond acceptors (Lipinski definition) is 4. The monoisotopic (exact) mass is 326 g/mol. The molecule has 0 spiro atoms. The highest BCUT2D eigenvalue weighted by atomic mass is 16.1. The van der Waals surface area contributed by atoms with Gasteiger partial charge in [0, 0.05) is 13.1 Å². The molecule has 0 aliphatic rings. The molecule has 2 N–H and O–H groups in total. The van der Waals surface area contributed by atoms with Crippen LogP contribution in [0.2, 0.25) is 0 Å². The molecule has 1 aromatic heterocycles. The highest BCUT2D eigenvalue weighted by Crippen LogP contribution is 2.05. The number of anilines is 1. The van der Waals surface area contributed by atoms with E-state index in [-0.39, 0.29) is 5.91 Å². The van der Waals surface area contributed by atoms with Crippen molar-refractivity contribution in [1.82, 2.24) is 15.3 Å². The number of nitrogens with zero attached hydrogens (tertiary/aromatic N) is 2. The van der Waals surface area contributed by atoms with Crippen molar-refractivity contribution in [3.8, 4) is 0 Å². The van der Waals surface area contributed by atoms with Crippen LogP contribution in [0.1, 0.15) is 42.7 Å². The topological polar surface area (TPSA) is 66.9 Å². The molecule has 128 valence electrons. The molecule has 0 aliphatic carbocycles. The van der Waals surface area contributed by atoms with Gasteiger partial charge in [0.25, 0.3) is 5.91 Å². The van der Waals surface area contributed by atoms with E-state index in [0.29, 0.717) is 24.0 Å². The van der Waals surface area contributed by atoms with Gasteiger partial charge in [-0.3, -0.25) is 4.79 Å². The van der Waals surface area contributed by atoms with Crippen molar-refractivity contribution in [2.24, 2.45) is 5.92 Å². The molecule has 1 amide bonds. The summed E-state index contributed by atoms with van der Waals surface area (Å²) >= 11 is 0. The van der Waals surface area contributed by atoms with Gasteiger partial charge >= 0.3 is 0 Å². The molecule has 0 atom stereocenters. The van der Waals surface area contributed by atoms with Crippen LogP contribution >= 0.6 is 0 Å². The van der Waals surface area contributed by atoms with E-state index >= 15 is 0 Å². The zero-order chi connectivity index (χ0) is 17.2. The summed E-state index contributed by atoms with van der Waals surface area (Å²) in [6, 6.07) is 10.3. The van der Waals surface area contributed by atoms with Crippen molar-refractivity contribution in [1.29, 1.82) is 0 Å². The van der Waals surface area contributed by atoms with Crippen LogP contribution in [0.25, 0.3) is 0 Å². The van der Waals surface area contributed by atoms with Crippen molar-refractivity contribution in [2.75, 3.05) is 18.4 Å². The van der Waals surface area contributed by atoms with Crippen molar-refractivity contribution in [3.63, 3.8) is 0 Å². The summed E-state index contributed by atoms with van der Waals surface area (Å²) < 4.78 is 0. The molecule has 5 heteroatoms. The number of hydrogen-bond donors (Lipinski definition) is 2. The van der Waals surface area contributed by atoms with Crippen LogP contribution in [0.4, 0.5) is 5.82 Å². The molecule has 1 heterocycles. The van der Waals surface area contributed by atoms with Gasteiger partial charge < -0.3 is 10.6 Å². The van der Waals surface area contributed by atoms with Crippen molar-refractivity contribution < 1.29 is 4.79 Å². The SMILES string of the molecule is CC(C)CCNc1cnc(C(=O)NCCCc2ccccc2)cn1. The summed E-state index contributed by atoms with van der Waals surface area (Å²) in [5.41, 5.74) is 1.63. The lowest BCUT2D eigenvalue weighted by Crippen LogP contribution is -2.26. The van der Waals surface area contributed by atoms with E-state index in [9.17, 15) is 4.79 Å². The highest BCUT2D eigenvalue weighted by Gasteiger charge is 2.07. The van der Waals surface area contributed by atoms with Crippen LogP contribution in [-0.4, -0.2) is 29.0 Å². The van der Waals surface area contributed by atoms with Crippen molar-refractivity contribution in [2.45, 2.75) is 33.1 Å². The first-order chi connectivity index (χ1) is 11.6. The number of aryl methyl sites for hydroxylation is 1. The van der Waals surface area contributed by atoms with E-state index in [1.807, 2.05) is 18.2 Å². The van der Waals surface area contributed by atoms with Crippen LogP contribution in [0, 0.1) is 5.92 Å². The fourth-order valence-corrected chi connectivity index (χ4v) is 2.26. The molecule has 0 saturated carbocycles. The Balaban J connectivity index is 1.70. The van der Waals surface area contributed by atoms with Crippen LogP contribution in [0.15, 0.2) is 42.7 Å². The standard InChI is InChI=1S/C19H26N4O/c1-15(2)10-12-20-18-14-22-17(13-23-18)19(24)21-11-6-9-16-7-4-3-5-8-16/h3-5,7-8,13-15H,6,9-12H2,1-2H3,(H,20,23)(H,21,24). The third-order valence-electron chi connectivity index (χ3n) is 3.68.